The van der Waals surface area contributed by atoms with Crippen LogP contribution in [0.5, 0.6) is 0 Å². The first kappa shape index (κ1) is 15.2. The summed E-state index contributed by atoms with van der Waals surface area (Å²) >= 11 is 1.33. The highest BCUT2D eigenvalue weighted by Gasteiger charge is 2.21. The molecule has 110 valence electrons. The van der Waals surface area contributed by atoms with E-state index in [1.807, 2.05) is 36.9 Å². The normalized spacial score (nSPS) is 16.2. The van der Waals surface area contributed by atoms with E-state index in [0.717, 1.165) is 48.9 Å². The van der Waals surface area contributed by atoms with Crippen molar-refractivity contribution in [2.24, 2.45) is 5.14 Å². The van der Waals surface area contributed by atoms with Crippen LogP contribution in [-0.2, 0) is 0 Å². The molecule has 0 spiro atoms. The lowest BCUT2D eigenvalue weighted by Gasteiger charge is -2.34. The third-order valence-electron chi connectivity index (χ3n) is 3.55. The molecule has 1 aliphatic rings. The van der Waals surface area contributed by atoms with Gasteiger partial charge in [0.25, 0.3) is 0 Å². The number of aryl methyl sites for hydroxylation is 2. The van der Waals surface area contributed by atoms with Crippen LogP contribution in [0.1, 0.15) is 11.1 Å². The Bertz CT molecular complexity index is 472. The van der Waals surface area contributed by atoms with Gasteiger partial charge in [-0.3, -0.25) is 10.0 Å². The van der Waals surface area contributed by atoms with E-state index in [4.69, 9.17) is 5.14 Å². The van der Waals surface area contributed by atoms with E-state index in [1.165, 1.54) is 11.9 Å². The number of nitrogens with zero attached hydrogens (tertiary/aromatic N) is 2. The zero-order chi connectivity index (χ0) is 14.5. The Hall–Kier alpha value is -1.24. The van der Waals surface area contributed by atoms with Crippen molar-refractivity contribution in [1.82, 2.24) is 9.80 Å². The monoisotopic (exact) mass is 294 g/mol. The van der Waals surface area contributed by atoms with Crippen LogP contribution >= 0.6 is 11.9 Å². The van der Waals surface area contributed by atoms with E-state index in [1.54, 1.807) is 0 Å². The molecule has 0 saturated carbocycles. The number of urea groups is 1. The number of carbonyl (C=O) groups excluding carboxylic acids is 1. The quantitative estimate of drug-likeness (QED) is 0.837. The van der Waals surface area contributed by atoms with E-state index in [0.29, 0.717) is 0 Å². The highest BCUT2D eigenvalue weighted by Crippen LogP contribution is 2.17. The zero-order valence-electron chi connectivity index (χ0n) is 12.1. The van der Waals surface area contributed by atoms with Crippen molar-refractivity contribution < 1.29 is 4.79 Å². The molecule has 1 fully saturated rings. The third kappa shape index (κ3) is 3.88. The van der Waals surface area contributed by atoms with Crippen molar-refractivity contribution in [2.45, 2.75) is 13.8 Å². The molecule has 0 aromatic heterocycles. The first-order valence-electron chi connectivity index (χ1n) is 6.77. The molecule has 3 N–H and O–H groups in total. The SMILES string of the molecule is Cc1ccc(C)c(NC(=O)N2CCN(CSN)CC2)c1. The first-order valence-corrected chi connectivity index (χ1v) is 7.82. The molecule has 20 heavy (non-hydrogen) atoms. The van der Waals surface area contributed by atoms with Gasteiger partial charge in [0.1, 0.15) is 0 Å². The van der Waals surface area contributed by atoms with Gasteiger partial charge in [0.15, 0.2) is 0 Å². The van der Waals surface area contributed by atoms with Gasteiger partial charge in [-0.05, 0) is 31.0 Å². The average Bonchev–Trinajstić information content (AvgIpc) is 2.44. The van der Waals surface area contributed by atoms with Crippen LogP contribution in [0.25, 0.3) is 0 Å². The summed E-state index contributed by atoms with van der Waals surface area (Å²) in [7, 11) is 0. The molecule has 2 amide bonds. The summed E-state index contributed by atoms with van der Waals surface area (Å²) in [5.41, 5.74) is 3.13. The Labute approximate surface area is 124 Å². The molecule has 1 aromatic carbocycles. The van der Waals surface area contributed by atoms with Crippen molar-refractivity contribution in [3.05, 3.63) is 29.3 Å². The molecule has 1 aliphatic heterocycles. The number of hydrogen-bond acceptors (Lipinski definition) is 4. The first-order chi connectivity index (χ1) is 9.60. The van der Waals surface area contributed by atoms with E-state index < -0.39 is 0 Å². The molecule has 0 unspecified atom stereocenters. The van der Waals surface area contributed by atoms with Crippen molar-refractivity contribution >= 4 is 23.7 Å². The molecule has 0 radical (unpaired) electrons. The largest absolute Gasteiger partial charge is 0.322 e. The summed E-state index contributed by atoms with van der Waals surface area (Å²) in [5, 5.41) is 8.48. The van der Waals surface area contributed by atoms with Gasteiger partial charge < -0.3 is 10.2 Å². The van der Waals surface area contributed by atoms with Gasteiger partial charge in [-0.2, -0.15) is 0 Å². The van der Waals surface area contributed by atoms with Crippen molar-refractivity contribution in [3.8, 4) is 0 Å². The highest BCUT2D eigenvalue weighted by molar-refractivity contribution is 7.97. The Balaban J connectivity index is 1.91. The maximum absolute atomic E-state index is 12.3. The Morgan fingerprint density at radius 2 is 2.00 bits per heavy atom. The molecule has 1 saturated heterocycles. The molecule has 0 atom stereocenters. The van der Waals surface area contributed by atoms with Gasteiger partial charge in [0.2, 0.25) is 0 Å². The molecule has 0 aliphatic carbocycles. The number of piperazine rings is 1. The molecular formula is C14H22N4OS. The lowest BCUT2D eigenvalue weighted by Crippen LogP contribution is -2.49. The fourth-order valence-electron chi connectivity index (χ4n) is 2.25. The van der Waals surface area contributed by atoms with Crippen molar-refractivity contribution in [3.63, 3.8) is 0 Å². The van der Waals surface area contributed by atoms with Gasteiger partial charge in [-0.1, -0.05) is 24.1 Å². The van der Waals surface area contributed by atoms with Gasteiger partial charge in [0.05, 0.1) is 5.88 Å². The van der Waals surface area contributed by atoms with Crippen LogP contribution < -0.4 is 10.5 Å². The number of amides is 2. The summed E-state index contributed by atoms with van der Waals surface area (Å²) in [6, 6.07) is 6.07. The van der Waals surface area contributed by atoms with Gasteiger partial charge in [-0.25, -0.2) is 4.79 Å². The number of benzene rings is 1. The summed E-state index contributed by atoms with van der Waals surface area (Å²) in [6.45, 7) is 7.28. The zero-order valence-corrected chi connectivity index (χ0v) is 12.9. The predicted octanol–water partition coefficient (Wildman–Crippen LogP) is 2.02. The molecule has 5 nitrogen and oxygen atoms in total. The summed E-state index contributed by atoms with van der Waals surface area (Å²) in [5.74, 6) is 0.826. The minimum absolute atomic E-state index is 0.0150. The van der Waals surface area contributed by atoms with Crippen LogP contribution in [0.4, 0.5) is 10.5 Å². The van der Waals surface area contributed by atoms with Crippen LogP contribution in [0.2, 0.25) is 0 Å². The van der Waals surface area contributed by atoms with E-state index in [-0.39, 0.29) is 6.03 Å². The number of carbonyl (C=O) groups is 1. The minimum atomic E-state index is -0.0150. The number of rotatable bonds is 3. The van der Waals surface area contributed by atoms with Gasteiger partial charge in [0, 0.05) is 31.9 Å². The topological polar surface area (TPSA) is 61.6 Å². The second kappa shape index (κ2) is 6.97. The Morgan fingerprint density at radius 1 is 1.30 bits per heavy atom. The maximum atomic E-state index is 12.3. The average molecular weight is 294 g/mol. The van der Waals surface area contributed by atoms with Gasteiger partial charge >= 0.3 is 6.03 Å². The summed E-state index contributed by atoms with van der Waals surface area (Å²) < 4.78 is 0. The number of nitrogens with one attached hydrogen (secondary N) is 1. The molecular weight excluding hydrogens is 272 g/mol. The number of anilines is 1. The second-order valence-electron chi connectivity index (χ2n) is 5.15. The van der Waals surface area contributed by atoms with Crippen molar-refractivity contribution in [2.75, 3.05) is 37.4 Å². The third-order valence-corrected chi connectivity index (χ3v) is 4.07. The van der Waals surface area contributed by atoms with E-state index in [9.17, 15) is 4.79 Å². The molecule has 2 rings (SSSR count). The predicted molar refractivity (Wildman–Crippen MR) is 84.7 cm³/mol. The lowest BCUT2D eigenvalue weighted by molar-refractivity contribution is 0.161. The van der Waals surface area contributed by atoms with E-state index >= 15 is 0 Å². The van der Waals surface area contributed by atoms with Crippen LogP contribution in [0.3, 0.4) is 0 Å². The number of hydrogen-bond donors (Lipinski definition) is 2. The van der Waals surface area contributed by atoms with Crippen LogP contribution in [0.15, 0.2) is 18.2 Å². The van der Waals surface area contributed by atoms with Crippen LogP contribution in [0, 0.1) is 13.8 Å². The van der Waals surface area contributed by atoms with Crippen LogP contribution in [-0.4, -0.2) is 47.9 Å². The maximum Gasteiger partial charge on any atom is 0.321 e. The molecule has 1 aromatic rings. The van der Waals surface area contributed by atoms with Gasteiger partial charge in [-0.15, -0.1) is 0 Å². The fraction of sp³-hybridized carbons (Fsp3) is 0.500. The Morgan fingerprint density at radius 3 is 2.65 bits per heavy atom. The standard InChI is InChI=1S/C14H22N4OS/c1-11-3-4-12(2)13(9-11)16-14(19)18-7-5-17(6-8-18)10-20-15/h3-4,9H,5-8,10,15H2,1-2H3,(H,16,19). The number of nitrogens with two attached hydrogens (primary N) is 1. The molecule has 0 bridgehead atoms. The summed E-state index contributed by atoms with van der Waals surface area (Å²) in [6.07, 6.45) is 0. The lowest BCUT2D eigenvalue weighted by atomic mass is 10.1. The molecule has 6 heteroatoms. The minimum Gasteiger partial charge on any atom is -0.322 e. The Kier molecular flexibility index (Phi) is 5.28. The second-order valence-corrected chi connectivity index (χ2v) is 5.74. The van der Waals surface area contributed by atoms with Crippen molar-refractivity contribution in [1.29, 1.82) is 0 Å². The van der Waals surface area contributed by atoms with E-state index in [2.05, 4.69) is 10.2 Å². The highest BCUT2D eigenvalue weighted by atomic mass is 32.2. The smallest absolute Gasteiger partial charge is 0.321 e. The summed E-state index contributed by atoms with van der Waals surface area (Å²) in [4.78, 5) is 16.4. The fourth-order valence-corrected chi connectivity index (χ4v) is 2.72. The molecule has 1 heterocycles.